The molecule has 0 bridgehead atoms. The summed E-state index contributed by atoms with van der Waals surface area (Å²) in [5.41, 5.74) is 29.0. The van der Waals surface area contributed by atoms with Gasteiger partial charge in [0.15, 0.2) is 0 Å². The lowest BCUT2D eigenvalue weighted by atomic mass is 9.84. The number of imidazole rings is 2. The van der Waals surface area contributed by atoms with E-state index in [2.05, 4.69) is 297 Å². The van der Waals surface area contributed by atoms with Gasteiger partial charge in [-0.3, -0.25) is 13.8 Å². The number of hydrogen-bond donors (Lipinski definition) is 0. The van der Waals surface area contributed by atoms with Gasteiger partial charge >= 0.3 is 0 Å². The molecule has 16 aromatic rings. The molecule has 0 spiro atoms. The largest absolute Gasteiger partial charge is 0.296 e. The Morgan fingerprint density at radius 2 is 0.640 bits per heavy atom. The lowest BCUT2D eigenvalue weighted by molar-refractivity contribution is 1.14. The van der Waals surface area contributed by atoms with Crippen LogP contribution in [0, 0.1) is 27.7 Å². The van der Waals surface area contributed by atoms with E-state index in [4.69, 9.17) is 15.0 Å². The van der Waals surface area contributed by atoms with Gasteiger partial charge in [-0.25, -0.2) is 9.97 Å². The monoisotopic (exact) mass is 1100 g/mol. The van der Waals surface area contributed by atoms with Crippen LogP contribution >= 0.6 is 0 Å². The zero-order valence-electron chi connectivity index (χ0n) is 48.2. The van der Waals surface area contributed by atoms with Crippen LogP contribution in [-0.2, 0) is 0 Å². The van der Waals surface area contributed by atoms with Gasteiger partial charge in [-0.15, -0.1) is 0 Å². The van der Waals surface area contributed by atoms with Crippen molar-refractivity contribution in [2.45, 2.75) is 27.7 Å². The number of rotatable bonds is 9. The molecular weight excluding hydrogens is 1040 g/mol. The van der Waals surface area contributed by atoms with E-state index in [1.54, 1.807) is 0 Å². The predicted molar refractivity (Wildman–Crippen MR) is 360 cm³/mol. The summed E-state index contributed by atoms with van der Waals surface area (Å²) < 4.78 is 4.64. The van der Waals surface area contributed by atoms with Crippen LogP contribution in [-0.4, -0.2) is 23.8 Å². The zero-order chi connectivity index (χ0) is 57.6. The van der Waals surface area contributed by atoms with Crippen molar-refractivity contribution < 1.29 is 0 Å². The molecule has 0 atom stereocenters. The molecule has 0 aliphatic heterocycles. The van der Waals surface area contributed by atoms with E-state index >= 15 is 0 Å². The van der Waals surface area contributed by atoms with Gasteiger partial charge in [-0.05, 0) is 200 Å². The molecule has 0 N–H and O–H groups in total. The fourth-order valence-electron chi connectivity index (χ4n) is 13.4. The van der Waals surface area contributed by atoms with E-state index in [1.807, 2.05) is 12.3 Å². The Hall–Kier alpha value is -11.0. The van der Waals surface area contributed by atoms with E-state index in [9.17, 15) is 0 Å². The average molecular weight is 1100 g/mol. The first-order valence-corrected chi connectivity index (χ1v) is 29.6. The number of benzene rings is 11. The Kier molecular flexibility index (Phi) is 12.0. The highest BCUT2D eigenvalue weighted by Crippen LogP contribution is 2.46. The summed E-state index contributed by atoms with van der Waals surface area (Å²) in [6.45, 7) is 8.56. The van der Waals surface area contributed by atoms with Crippen molar-refractivity contribution in [2.24, 2.45) is 0 Å². The fourth-order valence-corrected chi connectivity index (χ4v) is 13.4. The topological polar surface area (TPSA) is 47.5 Å². The van der Waals surface area contributed by atoms with Crippen LogP contribution in [0.15, 0.2) is 273 Å². The highest BCUT2D eigenvalue weighted by atomic mass is 15.0. The average Bonchev–Trinajstić information content (AvgIpc) is 1.56. The lowest BCUT2D eigenvalue weighted by Gasteiger charge is -2.20. The lowest BCUT2D eigenvalue weighted by Crippen LogP contribution is -1.95. The standard InChI is InChI=1S/C81H57N5/c1-50-52(3)85-78-31-16-14-28-70(78)75-47-57(37-41-72(75)80(85)83-50)63-22-8-10-24-65(63)60-44-61(66-25-11-9-23-64(66)58-38-42-73-76(48-58)71-29-15-17-32-79(71)86-53(4)51(2)84-81(73)86)46-62(45-60)67-26-12-13-27-68(67)69-40-39-59(77-30-18-19-43-82-77)49-74(69)56-35-33-55(34-36-56)54-20-6-5-7-21-54/h5-49H,1-4H3. The van der Waals surface area contributed by atoms with Crippen LogP contribution in [0.5, 0.6) is 0 Å². The third kappa shape index (κ3) is 8.34. The molecule has 0 saturated carbocycles. The molecular formula is C81H57N5. The van der Waals surface area contributed by atoms with Gasteiger partial charge < -0.3 is 0 Å². The first-order chi connectivity index (χ1) is 42.3. The van der Waals surface area contributed by atoms with Gasteiger partial charge in [0.2, 0.25) is 0 Å². The second kappa shape index (κ2) is 20.4. The number of aromatic nitrogens is 5. The van der Waals surface area contributed by atoms with Gasteiger partial charge in [0.25, 0.3) is 0 Å². The summed E-state index contributed by atoms with van der Waals surface area (Å²) in [6.07, 6.45) is 1.87. The van der Waals surface area contributed by atoms with E-state index in [1.165, 1.54) is 32.7 Å². The maximum atomic E-state index is 5.15. The van der Waals surface area contributed by atoms with Crippen LogP contribution in [0.25, 0.3) is 155 Å². The third-order valence-electron chi connectivity index (χ3n) is 17.9. The number of aryl methyl sites for hydroxylation is 4. The highest BCUT2D eigenvalue weighted by Gasteiger charge is 2.22. The van der Waals surface area contributed by atoms with Crippen molar-refractivity contribution in [3.63, 3.8) is 0 Å². The predicted octanol–water partition coefficient (Wildman–Crippen LogP) is 21.2. The van der Waals surface area contributed by atoms with Crippen molar-refractivity contribution in [3.05, 3.63) is 296 Å². The van der Waals surface area contributed by atoms with E-state index in [0.717, 1.165) is 145 Å². The van der Waals surface area contributed by atoms with Crippen molar-refractivity contribution >= 4 is 54.6 Å². The molecule has 0 fully saturated rings. The SMILES string of the molecule is Cc1nc2c3ccc(-c4ccccc4-c4cc(-c5ccccc5-c5ccc6c(c5)c5ccccc5n5c(C)c(C)nc65)cc(-c5ccccc5-c5ccc(-c6ccccn6)cc5-c5ccc(-c6ccccc6)cc5)c4)cc3c3ccccc3n2c1C. The maximum Gasteiger partial charge on any atom is 0.145 e. The molecule has 5 nitrogen and oxygen atoms in total. The quantitative estimate of drug-likeness (QED) is 0.135. The van der Waals surface area contributed by atoms with Crippen molar-refractivity contribution in [2.75, 3.05) is 0 Å². The summed E-state index contributed by atoms with van der Waals surface area (Å²) in [4.78, 5) is 15.1. The summed E-state index contributed by atoms with van der Waals surface area (Å²) >= 11 is 0. The molecule has 0 saturated heterocycles. The van der Waals surface area contributed by atoms with Crippen LogP contribution < -0.4 is 0 Å². The Bertz CT molecular complexity index is 5150. The molecule has 5 heterocycles. The zero-order valence-corrected chi connectivity index (χ0v) is 48.2. The van der Waals surface area contributed by atoms with Crippen LogP contribution in [0.4, 0.5) is 0 Å². The normalized spacial score (nSPS) is 11.7. The molecule has 5 heteroatoms. The number of hydrogen-bond acceptors (Lipinski definition) is 3. The molecule has 0 aliphatic carbocycles. The van der Waals surface area contributed by atoms with Crippen molar-refractivity contribution in [1.29, 1.82) is 0 Å². The number of para-hydroxylation sites is 2. The first kappa shape index (κ1) is 50.7. The Morgan fingerprint density at radius 1 is 0.244 bits per heavy atom. The van der Waals surface area contributed by atoms with Gasteiger partial charge in [-0.1, -0.05) is 194 Å². The van der Waals surface area contributed by atoms with Crippen molar-refractivity contribution in [1.82, 2.24) is 23.8 Å². The number of nitrogens with zero attached hydrogens (tertiary/aromatic N) is 5. The minimum absolute atomic E-state index is 0.934. The highest BCUT2D eigenvalue weighted by molar-refractivity contribution is 6.15. The minimum Gasteiger partial charge on any atom is -0.296 e. The van der Waals surface area contributed by atoms with Gasteiger partial charge in [-0.2, -0.15) is 0 Å². The Balaban J connectivity index is 0.916. The molecule has 0 radical (unpaired) electrons. The molecule has 0 aliphatic rings. The molecule has 11 aromatic carbocycles. The molecule has 406 valence electrons. The molecule has 86 heavy (non-hydrogen) atoms. The van der Waals surface area contributed by atoms with Gasteiger partial charge in [0, 0.05) is 44.7 Å². The molecule has 16 rings (SSSR count). The fraction of sp³-hybridized carbons (Fsp3) is 0.0494. The summed E-state index contributed by atoms with van der Waals surface area (Å²) in [7, 11) is 0. The van der Waals surface area contributed by atoms with E-state index in [-0.39, 0.29) is 0 Å². The molecule has 5 aromatic heterocycles. The summed E-state index contributed by atoms with van der Waals surface area (Å²) in [5, 5.41) is 7.05. The Morgan fingerprint density at radius 3 is 1.15 bits per heavy atom. The van der Waals surface area contributed by atoms with E-state index in [0.29, 0.717) is 0 Å². The summed E-state index contributed by atoms with van der Waals surface area (Å²) in [6, 6.07) is 98.1. The number of pyridine rings is 3. The second-order valence-electron chi connectivity index (χ2n) is 22.8. The maximum absolute atomic E-state index is 5.15. The van der Waals surface area contributed by atoms with Crippen molar-refractivity contribution in [3.8, 4) is 100 Å². The summed E-state index contributed by atoms with van der Waals surface area (Å²) in [5.74, 6) is 0. The molecule has 0 unspecified atom stereocenters. The first-order valence-electron chi connectivity index (χ1n) is 29.6. The smallest absolute Gasteiger partial charge is 0.145 e. The second-order valence-corrected chi connectivity index (χ2v) is 22.8. The number of fused-ring (bicyclic) bond motifs is 12. The molecule has 0 amide bonds. The Labute approximate surface area is 499 Å². The van der Waals surface area contributed by atoms with Gasteiger partial charge in [0.1, 0.15) is 11.3 Å². The van der Waals surface area contributed by atoms with Crippen LogP contribution in [0.1, 0.15) is 22.8 Å². The third-order valence-corrected chi connectivity index (χ3v) is 17.9. The van der Waals surface area contributed by atoms with E-state index < -0.39 is 0 Å². The van der Waals surface area contributed by atoms with Crippen LogP contribution in [0.2, 0.25) is 0 Å². The van der Waals surface area contributed by atoms with Gasteiger partial charge in [0.05, 0.1) is 28.1 Å². The minimum atomic E-state index is 0.934. The van der Waals surface area contributed by atoms with Crippen LogP contribution in [0.3, 0.4) is 0 Å².